The predicted octanol–water partition coefficient (Wildman–Crippen LogP) is 3.31. The van der Waals surface area contributed by atoms with Crippen molar-refractivity contribution in [1.29, 1.82) is 0 Å². The molecule has 0 aromatic carbocycles. The fourth-order valence-corrected chi connectivity index (χ4v) is 1.41. The van der Waals surface area contributed by atoms with Crippen molar-refractivity contribution in [2.24, 2.45) is 0 Å². The first-order valence-corrected chi connectivity index (χ1v) is 6.93. The quantitative estimate of drug-likeness (QED) is 0.307. The molecule has 89 valence electrons. The summed E-state index contributed by atoms with van der Waals surface area (Å²) in [4.78, 5) is 0. The Bertz CT molecular complexity index is 110. The third-order valence-corrected chi connectivity index (χ3v) is 2.57. The Labute approximate surface area is 98.2 Å². The van der Waals surface area contributed by atoms with Crippen molar-refractivity contribution in [2.75, 3.05) is 13.2 Å². The van der Waals surface area contributed by atoms with Gasteiger partial charge in [0.2, 0.25) is 0 Å². The van der Waals surface area contributed by atoms with E-state index in [2.05, 4.69) is 24.1 Å². The number of ether oxygens (including phenoxy) is 2. The highest BCUT2D eigenvalue weighted by Crippen LogP contribution is 2.08. The van der Waals surface area contributed by atoms with E-state index in [4.69, 9.17) is 9.47 Å². The van der Waals surface area contributed by atoms with E-state index in [9.17, 15) is 0 Å². The normalized spacial score (nSPS) is 11.2. The van der Waals surface area contributed by atoms with Gasteiger partial charge in [0.25, 0.3) is 0 Å². The van der Waals surface area contributed by atoms with Gasteiger partial charge in [-0.05, 0) is 19.3 Å². The lowest BCUT2D eigenvalue weighted by molar-refractivity contribution is -0.147. The number of rotatable bonds is 11. The summed E-state index contributed by atoms with van der Waals surface area (Å²) in [6.07, 6.45) is 6.73. The first-order chi connectivity index (χ1) is 7.35. The Morgan fingerprint density at radius 3 is 1.87 bits per heavy atom. The molecule has 0 aromatic rings. The van der Waals surface area contributed by atoms with Crippen LogP contribution in [0.5, 0.6) is 0 Å². The molecule has 0 aromatic heterocycles. The molecule has 0 unspecified atom stereocenters. The maximum atomic E-state index is 5.69. The fraction of sp³-hybridized carbons (Fsp3) is 1.00. The number of hydrogen-bond donors (Lipinski definition) is 0. The molecule has 0 bridgehead atoms. The molecule has 0 fully saturated rings. The van der Waals surface area contributed by atoms with E-state index in [0.717, 1.165) is 44.9 Å². The van der Waals surface area contributed by atoms with Gasteiger partial charge in [0.15, 0.2) is 6.29 Å². The zero-order valence-electron chi connectivity index (χ0n) is 10.3. The van der Waals surface area contributed by atoms with Crippen LogP contribution in [0.25, 0.3) is 0 Å². The van der Waals surface area contributed by atoms with Gasteiger partial charge in [-0.15, -0.1) is 0 Å². The van der Waals surface area contributed by atoms with E-state index in [1.54, 1.807) is 0 Å². The molecule has 0 aliphatic heterocycles. The second kappa shape index (κ2) is 12.2. The SMILES string of the molecule is CCCCOC(CCC[Si])OCCCC. The van der Waals surface area contributed by atoms with Crippen molar-refractivity contribution in [3.05, 3.63) is 0 Å². The van der Waals surface area contributed by atoms with Crippen LogP contribution in [0.1, 0.15) is 52.4 Å². The van der Waals surface area contributed by atoms with Gasteiger partial charge in [-0.1, -0.05) is 39.2 Å². The van der Waals surface area contributed by atoms with E-state index >= 15 is 0 Å². The minimum Gasteiger partial charge on any atom is -0.353 e. The molecule has 0 saturated carbocycles. The van der Waals surface area contributed by atoms with Crippen LogP contribution in [0.4, 0.5) is 0 Å². The Morgan fingerprint density at radius 2 is 1.47 bits per heavy atom. The van der Waals surface area contributed by atoms with E-state index < -0.39 is 0 Å². The van der Waals surface area contributed by atoms with Crippen LogP contribution < -0.4 is 0 Å². The molecule has 0 aliphatic rings. The average Bonchev–Trinajstić information content (AvgIpc) is 2.25. The maximum Gasteiger partial charge on any atom is 0.157 e. The van der Waals surface area contributed by atoms with Gasteiger partial charge in [0.05, 0.1) is 0 Å². The molecular weight excluding hydrogens is 204 g/mol. The predicted molar refractivity (Wildman–Crippen MR) is 65.3 cm³/mol. The van der Waals surface area contributed by atoms with Crippen molar-refractivity contribution < 1.29 is 9.47 Å². The monoisotopic (exact) mass is 229 g/mol. The summed E-state index contributed by atoms with van der Waals surface area (Å²) in [5.41, 5.74) is 0. The van der Waals surface area contributed by atoms with Gasteiger partial charge >= 0.3 is 0 Å². The standard InChI is InChI=1S/C12H25O2Si/c1-3-5-9-13-12(8-7-11-15)14-10-6-4-2/h12H,3-11H2,1-2H3. The number of unbranched alkanes of at least 4 members (excludes halogenated alkanes) is 2. The van der Waals surface area contributed by atoms with Crippen molar-refractivity contribution in [2.45, 2.75) is 64.7 Å². The van der Waals surface area contributed by atoms with Crippen LogP contribution >= 0.6 is 0 Å². The van der Waals surface area contributed by atoms with Crippen molar-refractivity contribution in [1.82, 2.24) is 0 Å². The lowest BCUT2D eigenvalue weighted by Crippen LogP contribution is -2.18. The number of hydrogen-bond acceptors (Lipinski definition) is 2. The van der Waals surface area contributed by atoms with Crippen LogP contribution in [-0.2, 0) is 9.47 Å². The second-order valence-electron chi connectivity index (χ2n) is 3.77. The van der Waals surface area contributed by atoms with E-state index in [1.165, 1.54) is 12.8 Å². The zero-order valence-corrected chi connectivity index (χ0v) is 11.3. The highest BCUT2D eigenvalue weighted by molar-refractivity contribution is 6.08. The largest absolute Gasteiger partial charge is 0.353 e. The van der Waals surface area contributed by atoms with Crippen LogP contribution in [-0.4, -0.2) is 29.7 Å². The summed E-state index contributed by atoms with van der Waals surface area (Å²) in [6.45, 7) is 6.01. The highest BCUT2D eigenvalue weighted by atomic mass is 28.1. The van der Waals surface area contributed by atoms with E-state index in [1.807, 2.05) is 0 Å². The summed E-state index contributed by atoms with van der Waals surface area (Å²) >= 11 is 0. The Hall–Kier alpha value is 0.137. The van der Waals surface area contributed by atoms with Crippen LogP contribution in [0.2, 0.25) is 6.04 Å². The van der Waals surface area contributed by atoms with Gasteiger partial charge in [0, 0.05) is 23.5 Å². The summed E-state index contributed by atoms with van der Waals surface area (Å²) in [5.74, 6) is 0. The molecule has 0 heterocycles. The molecule has 2 nitrogen and oxygen atoms in total. The van der Waals surface area contributed by atoms with Gasteiger partial charge in [-0.25, -0.2) is 0 Å². The second-order valence-corrected chi connectivity index (χ2v) is 4.27. The van der Waals surface area contributed by atoms with Gasteiger partial charge in [0.1, 0.15) is 0 Å². The molecular formula is C12H25O2Si. The molecule has 0 saturated heterocycles. The van der Waals surface area contributed by atoms with Crippen LogP contribution in [0, 0.1) is 0 Å². The smallest absolute Gasteiger partial charge is 0.157 e. The van der Waals surface area contributed by atoms with Gasteiger partial charge in [-0.3, -0.25) is 0 Å². The Morgan fingerprint density at radius 1 is 0.933 bits per heavy atom. The summed E-state index contributed by atoms with van der Waals surface area (Å²) in [7, 11) is 3.48. The molecule has 0 spiro atoms. The summed E-state index contributed by atoms with van der Waals surface area (Å²) in [5, 5.41) is 0. The Balaban J connectivity index is 3.53. The molecule has 0 N–H and O–H groups in total. The minimum absolute atomic E-state index is 0.0134. The molecule has 15 heavy (non-hydrogen) atoms. The van der Waals surface area contributed by atoms with Crippen molar-refractivity contribution in [3.63, 3.8) is 0 Å². The van der Waals surface area contributed by atoms with Crippen molar-refractivity contribution >= 4 is 10.2 Å². The topological polar surface area (TPSA) is 18.5 Å². The lowest BCUT2D eigenvalue weighted by atomic mass is 10.3. The van der Waals surface area contributed by atoms with E-state index in [-0.39, 0.29) is 6.29 Å². The van der Waals surface area contributed by atoms with E-state index in [0.29, 0.717) is 0 Å². The molecule has 0 atom stereocenters. The highest BCUT2D eigenvalue weighted by Gasteiger charge is 2.07. The molecule has 3 radical (unpaired) electrons. The summed E-state index contributed by atoms with van der Waals surface area (Å²) < 4.78 is 11.4. The minimum atomic E-state index is 0.0134. The van der Waals surface area contributed by atoms with Crippen LogP contribution in [0.15, 0.2) is 0 Å². The molecule has 3 heteroatoms. The molecule has 0 amide bonds. The Kier molecular flexibility index (Phi) is 12.3. The van der Waals surface area contributed by atoms with Gasteiger partial charge < -0.3 is 9.47 Å². The average molecular weight is 229 g/mol. The fourth-order valence-electron chi connectivity index (χ4n) is 1.20. The summed E-state index contributed by atoms with van der Waals surface area (Å²) in [6, 6.07) is 1.02. The van der Waals surface area contributed by atoms with Crippen LogP contribution in [0.3, 0.4) is 0 Å². The lowest BCUT2D eigenvalue weighted by Gasteiger charge is -2.18. The van der Waals surface area contributed by atoms with Crippen molar-refractivity contribution in [3.8, 4) is 0 Å². The molecule has 0 aliphatic carbocycles. The third-order valence-electron chi connectivity index (χ3n) is 2.22. The first-order valence-electron chi connectivity index (χ1n) is 6.22. The van der Waals surface area contributed by atoms with Gasteiger partial charge in [-0.2, -0.15) is 0 Å². The first kappa shape index (κ1) is 15.1. The maximum absolute atomic E-state index is 5.69. The zero-order chi connectivity index (χ0) is 11.4. The molecule has 0 rings (SSSR count). The third kappa shape index (κ3) is 10.4.